The van der Waals surface area contributed by atoms with Gasteiger partial charge >= 0.3 is 0 Å². The van der Waals surface area contributed by atoms with Gasteiger partial charge in [-0.2, -0.15) is 15.3 Å². The van der Waals surface area contributed by atoms with Crippen molar-refractivity contribution in [2.45, 2.75) is 25.8 Å². The minimum Gasteiger partial charge on any atom is -0.198 e. The van der Waals surface area contributed by atoms with Crippen molar-refractivity contribution in [2.75, 3.05) is 0 Å². The summed E-state index contributed by atoms with van der Waals surface area (Å²) in [7, 11) is 0. The number of rotatable bonds is 6. The Bertz CT molecular complexity index is 681. The van der Waals surface area contributed by atoms with Gasteiger partial charge in [0.2, 0.25) is 0 Å². The van der Waals surface area contributed by atoms with Crippen LogP contribution in [0.4, 0.5) is 0 Å². The van der Waals surface area contributed by atoms with Gasteiger partial charge in [0.15, 0.2) is 5.82 Å². The lowest BCUT2D eigenvalue weighted by Gasteiger charge is -2.04. The highest BCUT2D eigenvalue weighted by atomic mass is 79.9. The number of nitrogens with zero attached hydrogens (tertiary/aromatic N) is 6. The summed E-state index contributed by atoms with van der Waals surface area (Å²) in [5, 5.41) is 29.8. The second-order valence-electron chi connectivity index (χ2n) is 4.59. The van der Waals surface area contributed by atoms with Crippen LogP contribution in [0, 0.1) is 28.6 Å². The number of hydrogen-bond acceptors (Lipinski definition) is 5. The van der Waals surface area contributed by atoms with Crippen LogP contribution in [0.2, 0.25) is 0 Å². The summed E-state index contributed by atoms with van der Waals surface area (Å²) >= 11 is 3.42. The van der Waals surface area contributed by atoms with E-state index < -0.39 is 0 Å². The lowest BCUT2D eigenvalue weighted by atomic mass is 10.1. The molecule has 0 unspecified atom stereocenters. The van der Waals surface area contributed by atoms with Crippen molar-refractivity contribution in [3.63, 3.8) is 0 Å². The highest BCUT2D eigenvalue weighted by Crippen LogP contribution is 2.13. The molecule has 0 N–H and O–H groups in total. The zero-order valence-corrected chi connectivity index (χ0v) is 12.9. The van der Waals surface area contributed by atoms with E-state index in [9.17, 15) is 0 Å². The Morgan fingerprint density at radius 1 is 1.33 bits per heavy atom. The van der Waals surface area contributed by atoms with Crippen LogP contribution >= 0.6 is 15.9 Å². The Morgan fingerprint density at radius 3 is 2.90 bits per heavy atom. The van der Waals surface area contributed by atoms with Crippen LogP contribution in [0.15, 0.2) is 28.7 Å². The standard InChI is InChI=1S/C14H13BrN6/c15-13-5-1-3-11(7-13)8-14-18-20-21(19-14)10-12(9-17)4-2-6-16/h1,3,5,7,12H,2,4,8,10H2/t12-/m0/s1. The molecule has 0 amide bonds. The van der Waals surface area contributed by atoms with Crippen LogP contribution in [0.5, 0.6) is 0 Å². The van der Waals surface area contributed by atoms with E-state index in [0.29, 0.717) is 31.6 Å². The fraction of sp³-hybridized carbons (Fsp3) is 0.357. The monoisotopic (exact) mass is 344 g/mol. The summed E-state index contributed by atoms with van der Waals surface area (Å²) < 4.78 is 1.01. The van der Waals surface area contributed by atoms with Gasteiger partial charge in [-0.25, -0.2) is 0 Å². The van der Waals surface area contributed by atoms with E-state index in [0.717, 1.165) is 10.0 Å². The third kappa shape index (κ3) is 4.66. The summed E-state index contributed by atoms with van der Waals surface area (Å²) in [6.45, 7) is 0.365. The molecule has 0 aliphatic heterocycles. The number of halogens is 1. The SMILES string of the molecule is N#CCC[C@@H](C#N)Cn1nnc(Cc2cccc(Br)c2)n1. The molecule has 0 fully saturated rings. The van der Waals surface area contributed by atoms with Crippen molar-refractivity contribution < 1.29 is 0 Å². The van der Waals surface area contributed by atoms with Gasteiger partial charge in [0.1, 0.15) is 0 Å². The maximum atomic E-state index is 9.03. The molecular weight excluding hydrogens is 332 g/mol. The minimum atomic E-state index is -0.266. The van der Waals surface area contributed by atoms with Gasteiger partial charge in [-0.1, -0.05) is 28.1 Å². The molecule has 2 rings (SSSR count). The van der Waals surface area contributed by atoms with Gasteiger partial charge in [-0.05, 0) is 29.3 Å². The molecule has 1 aromatic carbocycles. The maximum absolute atomic E-state index is 9.03. The van der Waals surface area contributed by atoms with Crippen molar-refractivity contribution in [2.24, 2.45) is 5.92 Å². The lowest BCUT2D eigenvalue weighted by molar-refractivity contribution is 0.426. The molecule has 6 nitrogen and oxygen atoms in total. The number of aromatic nitrogens is 4. The van der Waals surface area contributed by atoms with Crippen LogP contribution in [0.25, 0.3) is 0 Å². The Balaban J connectivity index is 1.98. The fourth-order valence-electron chi connectivity index (χ4n) is 1.89. The summed E-state index contributed by atoms with van der Waals surface area (Å²) in [6, 6.07) is 12.1. The van der Waals surface area contributed by atoms with Gasteiger partial charge in [0, 0.05) is 17.3 Å². The molecule has 7 heteroatoms. The van der Waals surface area contributed by atoms with Gasteiger partial charge in [0.25, 0.3) is 0 Å². The van der Waals surface area contributed by atoms with Gasteiger partial charge in [-0.15, -0.1) is 10.2 Å². The molecule has 1 atom stereocenters. The quantitative estimate of drug-likeness (QED) is 0.802. The Labute approximate surface area is 131 Å². The molecule has 0 bridgehead atoms. The van der Waals surface area contributed by atoms with Crippen LogP contribution in [-0.2, 0) is 13.0 Å². The maximum Gasteiger partial charge on any atom is 0.179 e. The first-order valence-corrected chi connectivity index (χ1v) is 7.28. The first-order valence-electron chi connectivity index (χ1n) is 6.49. The van der Waals surface area contributed by atoms with Gasteiger partial charge < -0.3 is 0 Å². The van der Waals surface area contributed by atoms with Crippen molar-refractivity contribution in [3.8, 4) is 12.1 Å². The van der Waals surface area contributed by atoms with Crippen LogP contribution in [-0.4, -0.2) is 20.2 Å². The van der Waals surface area contributed by atoms with E-state index in [2.05, 4.69) is 37.4 Å². The molecule has 0 spiro atoms. The summed E-state index contributed by atoms with van der Waals surface area (Å²) in [5.41, 5.74) is 1.09. The van der Waals surface area contributed by atoms with Crippen molar-refractivity contribution >= 4 is 15.9 Å². The number of nitriles is 2. The summed E-state index contributed by atoms with van der Waals surface area (Å²) in [4.78, 5) is 1.43. The third-order valence-electron chi connectivity index (χ3n) is 2.92. The zero-order chi connectivity index (χ0) is 15.1. The predicted molar refractivity (Wildman–Crippen MR) is 78.7 cm³/mol. The summed E-state index contributed by atoms with van der Waals surface area (Å²) in [6.07, 6.45) is 1.47. The van der Waals surface area contributed by atoms with Crippen molar-refractivity contribution in [3.05, 3.63) is 40.1 Å². The normalized spacial score (nSPS) is 11.6. The molecule has 1 heterocycles. The highest BCUT2D eigenvalue weighted by molar-refractivity contribution is 9.10. The Kier molecular flexibility index (Phi) is 5.42. The van der Waals surface area contributed by atoms with E-state index >= 15 is 0 Å². The second-order valence-corrected chi connectivity index (χ2v) is 5.51. The van der Waals surface area contributed by atoms with Gasteiger partial charge in [0.05, 0.1) is 24.6 Å². The van der Waals surface area contributed by atoms with Crippen LogP contribution in [0.1, 0.15) is 24.2 Å². The van der Waals surface area contributed by atoms with Crippen LogP contribution in [0.3, 0.4) is 0 Å². The molecule has 106 valence electrons. The molecule has 0 aliphatic carbocycles. The first-order chi connectivity index (χ1) is 10.2. The Hall–Kier alpha value is -2.25. The van der Waals surface area contributed by atoms with Crippen molar-refractivity contribution in [1.29, 1.82) is 10.5 Å². The number of tetrazole rings is 1. The van der Waals surface area contributed by atoms with E-state index in [-0.39, 0.29) is 5.92 Å². The summed E-state index contributed by atoms with van der Waals surface area (Å²) in [5.74, 6) is 0.350. The highest BCUT2D eigenvalue weighted by Gasteiger charge is 2.11. The van der Waals surface area contributed by atoms with E-state index in [1.165, 1.54) is 4.80 Å². The molecule has 1 aromatic heterocycles. The number of hydrogen-bond donors (Lipinski definition) is 0. The minimum absolute atomic E-state index is 0.266. The first kappa shape index (κ1) is 15.1. The largest absolute Gasteiger partial charge is 0.198 e. The predicted octanol–water partition coefficient (Wildman–Crippen LogP) is 2.47. The fourth-order valence-corrected chi connectivity index (χ4v) is 2.33. The molecule has 21 heavy (non-hydrogen) atoms. The number of benzene rings is 1. The van der Waals surface area contributed by atoms with Gasteiger partial charge in [-0.3, -0.25) is 0 Å². The molecule has 0 saturated heterocycles. The lowest BCUT2D eigenvalue weighted by Crippen LogP contribution is -2.12. The van der Waals surface area contributed by atoms with Crippen molar-refractivity contribution in [1.82, 2.24) is 20.2 Å². The second kappa shape index (κ2) is 7.51. The topological polar surface area (TPSA) is 91.2 Å². The molecule has 2 aromatic rings. The average molecular weight is 345 g/mol. The third-order valence-corrected chi connectivity index (χ3v) is 3.41. The molecule has 0 aliphatic rings. The molecular formula is C14H13BrN6. The molecule has 0 radical (unpaired) electrons. The van der Waals surface area contributed by atoms with E-state index in [1.54, 1.807) is 0 Å². The smallest absolute Gasteiger partial charge is 0.179 e. The molecule has 0 saturated carbocycles. The zero-order valence-electron chi connectivity index (χ0n) is 11.3. The van der Waals surface area contributed by atoms with E-state index in [1.807, 2.05) is 30.3 Å². The van der Waals surface area contributed by atoms with E-state index in [4.69, 9.17) is 10.5 Å². The Morgan fingerprint density at radius 2 is 2.19 bits per heavy atom. The van der Waals surface area contributed by atoms with Crippen LogP contribution < -0.4 is 0 Å². The average Bonchev–Trinajstić information content (AvgIpc) is 2.90.